The Hall–Kier alpha value is -2.37. The van der Waals surface area contributed by atoms with Crippen LogP contribution in [0.1, 0.15) is 49.5 Å². The standard InChI is InChI=1S/C20H23FN2O3/c1-11-5-12(2)9-22(8-11)18-7-17-14(6-16(18)21)19(24)15(20(25)26)10-23(17)13-3-4-13/h6-7,10-13H,3-5,8-9H2,1-2H3,(H,25,26). The molecule has 1 saturated heterocycles. The van der Waals surface area contributed by atoms with E-state index in [1.807, 2.05) is 4.57 Å². The van der Waals surface area contributed by atoms with Crippen LogP contribution in [0.25, 0.3) is 10.9 Å². The number of hydrogen-bond acceptors (Lipinski definition) is 3. The molecule has 5 nitrogen and oxygen atoms in total. The van der Waals surface area contributed by atoms with Crippen LogP contribution in [0.2, 0.25) is 0 Å². The van der Waals surface area contributed by atoms with Crippen molar-refractivity contribution in [3.8, 4) is 0 Å². The summed E-state index contributed by atoms with van der Waals surface area (Å²) in [5.74, 6) is -0.766. The van der Waals surface area contributed by atoms with Crippen LogP contribution in [-0.2, 0) is 0 Å². The van der Waals surface area contributed by atoms with Gasteiger partial charge in [0.15, 0.2) is 0 Å². The molecule has 4 rings (SSSR count). The van der Waals surface area contributed by atoms with Gasteiger partial charge in [-0.3, -0.25) is 4.79 Å². The highest BCUT2D eigenvalue weighted by Gasteiger charge is 2.29. The van der Waals surface area contributed by atoms with E-state index in [0.29, 0.717) is 23.0 Å². The minimum atomic E-state index is -1.27. The quantitative estimate of drug-likeness (QED) is 0.910. The first-order valence-corrected chi connectivity index (χ1v) is 9.21. The average Bonchev–Trinajstić information content (AvgIpc) is 3.38. The number of anilines is 1. The predicted octanol–water partition coefficient (Wildman–Crippen LogP) is 3.66. The number of carboxylic acid groups (broad SMARTS) is 1. The molecule has 1 aliphatic carbocycles. The molecule has 1 aromatic heterocycles. The zero-order valence-corrected chi connectivity index (χ0v) is 15.0. The lowest BCUT2D eigenvalue weighted by atomic mass is 9.91. The van der Waals surface area contributed by atoms with Gasteiger partial charge in [-0.25, -0.2) is 9.18 Å². The van der Waals surface area contributed by atoms with Crippen LogP contribution < -0.4 is 10.3 Å². The summed E-state index contributed by atoms with van der Waals surface area (Å²) in [5, 5.41) is 9.47. The molecule has 2 heterocycles. The van der Waals surface area contributed by atoms with E-state index in [1.165, 1.54) is 12.3 Å². The molecule has 2 unspecified atom stereocenters. The topological polar surface area (TPSA) is 62.5 Å². The third kappa shape index (κ3) is 2.87. The monoisotopic (exact) mass is 358 g/mol. The maximum Gasteiger partial charge on any atom is 0.341 e. The summed E-state index contributed by atoms with van der Waals surface area (Å²) in [6.45, 7) is 5.91. The van der Waals surface area contributed by atoms with Gasteiger partial charge in [0.1, 0.15) is 11.4 Å². The zero-order chi connectivity index (χ0) is 18.6. The van der Waals surface area contributed by atoms with Crippen LogP contribution in [0, 0.1) is 17.7 Å². The molecule has 2 fully saturated rings. The second-order valence-corrected chi connectivity index (χ2v) is 7.99. The number of aromatic nitrogens is 1. The second-order valence-electron chi connectivity index (χ2n) is 7.99. The Balaban J connectivity index is 1.91. The van der Waals surface area contributed by atoms with Gasteiger partial charge in [-0.2, -0.15) is 0 Å². The van der Waals surface area contributed by atoms with Gasteiger partial charge in [0.2, 0.25) is 5.43 Å². The fourth-order valence-corrected chi connectivity index (χ4v) is 4.27. The maximum atomic E-state index is 14.9. The van der Waals surface area contributed by atoms with Gasteiger partial charge < -0.3 is 14.6 Å². The lowest BCUT2D eigenvalue weighted by Gasteiger charge is -2.37. The first-order valence-electron chi connectivity index (χ1n) is 9.21. The van der Waals surface area contributed by atoms with Crippen LogP contribution in [0.5, 0.6) is 0 Å². The molecule has 138 valence electrons. The van der Waals surface area contributed by atoms with Gasteiger partial charge in [0, 0.05) is 30.7 Å². The fourth-order valence-electron chi connectivity index (χ4n) is 4.27. The number of nitrogens with zero attached hydrogens (tertiary/aromatic N) is 2. The molecule has 1 saturated carbocycles. The van der Waals surface area contributed by atoms with Crippen LogP contribution in [0.4, 0.5) is 10.1 Å². The van der Waals surface area contributed by atoms with E-state index in [0.717, 1.165) is 32.4 Å². The Kier molecular flexibility index (Phi) is 4.01. The minimum absolute atomic E-state index is 0.149. The molecule has 26 heavy (non-hydrogen) atoms. The number of carbonyl (C=O) groups is 1. The van der Waals surface area contributed by atoms with Crippen molar-refractivity contribution in [2.45, 2.75) is 39.2 Å². The van der Waals surface area contributed by atoms with E-state index in [2.05, 4.69) is 18.7 Å². The summed E-state index contributed by atoms with van der Waals surface area (Å²) in [7, 11) is 0. The summed E-state index contributed by atoms with van der Waals surface area (Å²) >= 11 is 0. The summed E-state index contributed by atoms with van der Waals surface area (Å²) in [5.41, 5.74) is 0.226. The number of benzene rings is 1. The first kappa shape index (κ1) is 17.1. The van der Waals surface area contributed by atoms with E-state index >= 15 is 0 Å². The van der Waals surface area contributed by atoms with Crippen molar-refractivity contribution < 1.29 is 14.3 Å². The molecule has 2 aliphatic rings. The van der Waals surface area contributed by atoms with Gasteiger partial charge in [-0.1, -0.05) is 13.8 Å². The second kappa shape index (κ2) is 6.11. The van der Waals surface area contributed by atoms with Crippen LogP contribution >= 0.6 is 0 Å². The fraction of sp³-hybridized carbons (Fsp3) is 0.500. The number of halogens is 1. The minimum Gasteiger partial charge on any atom is -0.477 e. The molecule has 1 aliphatic heterocycles. The first-order chi connectivity index (χ1) is 12.3. The van der Waals surface area contributed by atoms with Crippen molar-refractivity contribution in [3.05, 3.63) is 39.9 Å². The lowest BCUT2D eigenvalue weighted by Crippen LogP contribution is -2.39. The maximum absolute atomic E-state index is 14.9. The molecule has 0 bridgehead atoms. The Morgan fingerprint density at radius 2 is 1.85 bits per heavy atom. The van der Waals surface area contributed by atoms with Gasteiger partial charge >= 0.3 is 5.97 Å². The summed E-state index contributed by atoms with van der Waals surface area (Å²) in [6, 6.07) is 3.15. The third-order valence-corrected chi connectivity index (χ3v) is 5.48. The molecule has 0 radical (unpaired) electrons. The van der Waals surface area contributed by atoms with E-state index in [1.54, 1.807) is 6.07 Å². The molecule has 0 spiro atoms. The van der Waals surface area contributed by atoms with Crippen LogP contribution in [0.3, 0.4) is 0 Å². The zero-order valence-electron chi connectivity index (χ0n) is 15.0. The molecule has 6 heteroatoms. The molecular formula is C20H23FN2O3. The van der Waals surface area contributed by atoms with E-state index < -0.39 is 17.2 Å². The van der Waals surface area contributed by atoms with Crippen molar-refractivity contribution in [1.29, 1.82) is 0 Å². The normalized spacial score (nSPS) is 23.4. The number of piperidine rings is 1. The van der Waals surface area contributed by atoms with Crippen molar-refractivity contribution >= 4 is 22.6 Å². The molecule has 0 amide bonds. The largest absolute Gasteiger partial charge is 0.477 e. The Labute approximate surface area is 151 Å². The smallest absolute Gasteiger partial charge is 0.341 e. The van der Waals surface area contributed by atoms with E-state index in [4.69, 9.17) is 0 Å². The summed E-state index contributed by atoms with van der Waals surface area (Å²) in [6.07, 6.45) is 4.44. The highest BCUT2D eigenvalue weighted by atomic mass is 19.1. The van der Waals surface area contributed by atoms with Crippen molar-refractivity contribution in [3.63, 3.8) is 0 Å². The van der Waals surface area contributed by atoms with Gasteiger partial charge in [-0.15, -0.1) is 0 Å². The highest BCUT2D eigenvalue weighted by molar-refractivity contribution is 5.93. The SMILES string of the molecule is CC1CC(C)CN(c2cc3c(cc2F)c(=O)c(C(=O)O)cn3C2CC2)C1. The molecular weight excluding hydrogens is 335 g/mol. The van der Waals surface area contributed by atoms with E-state index in [9.17, 15) is 19.1 Å². The lowest BCUT2D eigenvalue weighted by molar-refractivity contribution is 0.0695. The Morgan fingerprint density at radius 3 is 2.42 bits per heavy atom. The van der Waals surface area contributed by atoms with Crippen LogP contribution in [0.15, 0.2) is 23.1 Å². The number of carboxylic acids is 1. The molecule has 1 N–H and O–H groups in total. The molecule has 2 aromatic rings. The molecule has 1 aromatic carbocycles. The molecule has 2 atom stereocenters. The number of fused-ring (bicyclic) bond motifs is 1. The third-order valence-electron chi connectivity index (χ3n) is 5.48. The number of rotatable bonds is 3. The number of aromatic carboxylic acids is 1. The van der Waals surface area contributed by atoms with Gasteiger partial charge in [0.05, 0.1) is 11.2 Å². The number of pyridine rings is 1. The van der Waals surface area contributed by atoms with E-state index in [-0.39, 0.29) is 17.0 Å². The summed E-state index contributed by atoms with van der Waals surface area (Å²) < 4.78 is 16.7. The van der Waals surface area contributed by atoms with Gasteiger partial charge in [0.25, 0.3) is 0 Å². The number of hydrogen-bond donors (Lipinski definition) is 1. The van der Waals surface area contributed by atoms with Crippen LogP contribution in [-0.4, -0.2) is 28.7 Å². The van der Waals surface area contributed by atoms with Crippen molar-refractivity contribution in [2.75, 3.05) is 18.0 Å². The summed E-state index contributed by atoms with van der Waals surface area (Å²) in [4.78, 5) is 26.0. The van der Waals surface area contributed by atoms with Crippen molar-refractivity contribution in [2.24, 2.45) is 11.8 Å². The van der Waals surface area contributed by atoms with Crippen molar-refractivity contribution in [1.82, 2.24) is 4.57 Å². The van der Waals surface area contributed by atoms with Gasteiger partial charge in [-0.05, 0) is 43.2 Å². The average molecular weight is 358 g/mol. The Morgan fingerprint density at radius 1 is 1.19 bits per heavy atom. The Bertz CT molecular complexity index is 938. The predicted molar refractivity (Wildman–Crippen MR) is 98.6 cm³/mol. The highest BCUT2D eigenvalue weighted by Crippen LogP contribution is 2.38.